The Hall–Kier alpha value is -3.02. The van der Waals surface area contributed by atoms with Gasteiger partial charge in [0.05, 0.1) is 16.8 Å². The van der Waals surface area contributed by atoms with Gasteiger partial charge in [0, 0.05) is 11.5 Å². The number of aryl methyl sites for hydroxylation is 1. The van der Waals surface area contributed by atoms with Crippen molar-refractivity contribution in [3.05, 3.63) is 71.4 Å². The third-order valence-corrected chi connectivity index (χ3v) is 3.59. The Morgan fingerprint density at radius 2 is 1.72 bits per heavy atom. The van der Waals surface area contributed by atoms with Crippen LogP contribution in [0.1, 0.15) is 16.1 Å². The van der Waals surface area contributed by atoms with Crippen molar-refractivity contribution in [3.8, 4) is 5.75 Å². The van der Waals surface area contributed by atoms with Gasteiger partial charge in [0.2, 0.25) is 0 Å². The van der Waals surface area contributed by atoms with Crippen LogP contribution in [0.2, 0.25) is 0 Å². The Balaban J connectivity index is 1.61. The molecule has 0 aliphatic heterocycles. The van der Waals surface area contributed by atoms with Crippen LogP contribution in [-0.2, 0) is 4.74 Å². The van der Waals surface area contributed by atoms with Crippen LogP contribution in [0.3, 0.4) is 0 Å². The quantitative estimate of drug-likeness (QED) is 0.518. The van der Waals surface area contributed by atoms with Gasteiger partial charge >= 0.3 is 5.97 Å². The Bertz CT molecular complexity index is 910. The first-order valence-electron chi connectivity index (χ1n) is 7.65. The van der Waals surface area contributed by atoms with Crippen molar-refractivity contribution in [2.24, 2.45) is 0 Å². The molecular formula is C19H15F2NO3. The Labute approximate surface area is 143 Å². The van der Waals surface area contributed by atoms with E-state index in [1.54, 1.807) is 19.1 Å². The summed E-state index contributed by atoms with van der Waals surface area (Å²) in [6, 6.07) is 11.4. The molecule has 0 atom stereocenters. The van der Waals surface area contributed by atoms with E-state index in [1.807, 2.05) is 0 Å². The molecule has 2 aromatic carbocycles. The van der Waals surface area contributed by atoms with Gasteiger partial charge in [0.1, 0.15) is 30.6 Å². The van der Waals surface area contributed by atoms with Crippen molar-refractivity contribution in [2.45, 2.75) is 6.92 Å². The third kappa shape index (κ3) is 4.09. The van der Waals surface area contributed by atoms with Crippen LogP contribution >= 0.6 is 0 Å². The topological polar surface area (TPSA) is 48.4 Å². The molecule has 0 bridgehead atoms. The van der Waals surface area contributed by atoms with Crippen molar-refractivity contribution in [1.29, 1.82) is 0 Å². The Morgan fingerprint density at radius 1 is 1.00 bits per heavy atom. The fourth-order valence-electron chi connectivity index (χ4n) is 2.35. The van der Waals surface area contributed by atoms with E-state index >= 15 is 0 Å². The van der Waals surface area contributed by atoms with E-state index in [0.29, 0.717) is 27.9 Å². The van der Waals surface area contributed by atoms with Gasteiger partial charge in [-0.1, -0.05) is 0 Å². The molecule has 0 fully saturated rings. The van der Waals surface area contributed by atoms with Crippen molar-refractivity contribution >= 4 is 16.9 Å². The number of ether oxygens (including phenoxy) is 2. The summed E-state index contributed by atoms with van der Waals surface area (Å²) in [6.07, 6.45) is 0. The second-order valence-electron chi connectivity index (χ2n) is 5.40. The van der Waals surface area contributed by atoms with Crippen LogP contribution in [0.4, 0.5) is 8.78 Å². The Kier molecular flexibility index (Phi) is 4.88. The molecule has 0 radical (unpaired) electrons. The van der Waals surface area contributed by atoms with Crippen LogP contribution in [0.15, 0.2) is 48.5 Å². The fourth-order valence-corrected chi connectivity index (χ4v) is 2.35. The molecule has 6 heteroatoms. The fraction of sp³-hybridized carbons (Fsp3) is 0.158. The zero-order valence-electron chi connectivity index (χ0n) is 13.5. The number of esters is 1. The van der Waals surface area contributed by atoms with E-state index in [-0.39, 0.29) is 24.8 Å². The maximum Gasteiger partial charge on any atom is 0.340 e. The first-order valence-corrected chi connectivity index (χ1v) is 7.65. The highest BCUT2D eigenvalue weighted by Crippen LogP contribution is 2.18. The van der Waals surface area contributed by atoms with E-state index in [2.05, 4.69) is 4.98 Å². The highest BCUT2D eigenvalue weighted by atomic mass is 19.1. The van der Waals surface area contributed by atoms with Gasteiger partial charge in [0.25, 0.3) is 0 Å². The second kappa shape index (κ2) is 7.25. The summed E-state index contributed by atoms with van der Waals surface area (Å²) in [5.74, 6) is -0.771. The number of benzene rings is 2. The molecule has 4 nitrogen and oxygen atoms in total. The number of hydrogen-bond donors (Lipinski definition) is 0. The lowest BCUT2D eigenvalue weighted by molar-refractivity contribution is 0.0449. The second-order valence-corrected chi connectivity index (χ2v) is 5.40. The lowest BCUT2D eigenvalue weighted by Crippen LogP contribution is -2.14. The van der Waals surface area contributed by atoms with Crippen LogP contribution < -0.4 is 4.74 Å². The molecular weight excluding hydrogens is 328 g/mol. The van der Waals surface area contributed by atoms with E-state index in [0.717, 1.165) is 0 Å². The van der Waals surface area contributed by atoms with Gasteiger partial charge in [0.15, 0.2) is 0 Å². The first-order chi connectivity index (χ1) is 12.0. The van der Waals surface area contributed by atoms with Gasteiger partial charge in [-0.05, 0) is 49.4 Å². The molecule has 1 aromatic heterocycles. The van der Waals surface area contributed by atoms with Crippen LogP contribution in [-0.4, -0.2) is 24.2 Å². The molecule has 0 spiro atoms. The van der Waals surface area contributed by atoms with Crippen LogP contribution in [0.5, 0.6) is 5.75 Å². The zero-order chi connectivity index (χ0) is 17.8. The molecule has 0 amide bonds. The van der Waals surface area contributed by atoms with Gasteiger partial charge in [-0.15, -0.1) is 0 Å². The maximum atomic E-state index is 13.2. The number of fused-ring (bicyclic) bond motifs is 1. The average molecular weight is 343 g/mol. The minimum absolute atomic E-state index is 0.0388. The molecule has 0 saturated heterocycles. The van der Waals surface area contributed by atoms with Crippen molar-refractivity contribution in [1.82, 2.24) is 4.98 Å². The lowest BCUT2D eigenvalue weighted by Gasteiger charge is -2.09. The molecule has 0 unspecified atom stereocenters. The number of halogens is 2. The van der Waals surface area contributed by atoms with Gasteiger partial charge < -0.3 is 9.47 Å². The van der Waals surface area contributed by atoms with Crippen molar-refractivity contribution < 1.29 is 23.0 Å². The summed E-state index contributed by atoms with van der Waals surface area (Å²) < 4.78 is 36.6. The zero-order valence-corrected chi connectivity index (χ0v) is 13.5. The summed E-state index contributed by atoms with van der Waals surface area (Å²) in [4.78, 5) is 16.4. The minimum atomic E-state index is -0.529. The monoisotopic (exact) mass is 343 g/mol. The minimum Gasteiger partial charge on any atom is -0.490 e. The molecule has 1 heterocycles. The van der Waals surface area contributed by atoms with Gasteiger partial charge in [-0.2, -0.15) is 0 Å². The molecule has 0 saturated carbocycles. The normalized spacial score (nSPS) is 10.7. The maximum absolute atomic E-state index is 13.2. The standard InChI is InChI=1S/C19H15F2NO3/c1-12-17(10-13-2-3-15(21)11-18(13)22-12)19(23)25-9-8-24-16-6-4-14(20)5-7-16/h2-7,10-11H,8-9H2,1H3. The predicted molar refractivity (Wildman–Crippen MR) is 88.6 cm³/mol. The first kappa shape index (κ1) is 16.8. The number of carbonyl (C=O) groups excluding carboxylic acids is 1. The molecule has 0 aliphatic rings. The van der Waals surface area contributed by atoms with E-state index in [1.165, 1.54) is 36.4 Å². The Morgan fingerprint density at radius 3 is 2.48 bits per heavy atom. The number of carbonyl (C=O) groups is 1. The predicted octanol–water partition coefficient (Wildman–Crippen LogP) is 4.06. The molecule has 25 heavy (non-hydrogen) atoms. The highest BCUT2D eigenvalue weighted by molar-refractivity contribution is 5.95. The third-order valence-electron chi connectivity index (χ3n) is 3.59. The largest absolute Gasteiger partial charge is 0.490 e. The van der Waals surface area contributed by atoms with Crippen molar-refractivity contribution in [3.63, 3.8) is 0 Å². The molecule has 3 rings (SSSR count). The summed E-state index contributed by atoms with van der Waals surface area (Å²) in [5.41, 5.74) is 1.26. The van der Waals surface area contributed by atoms with E-state index in [9.17, 15) is 13.6 Å². The molecule has 0 aliphatic carbocycles. The summed E-state index contributed by atoms with van der Waals surface area (Å²) in [7, 11) is 0. The van der Waals surface area contributed by atoms with Gasteiger partial charge in [-0.25, -0.2) is 13.6 Å². The van der Waals surface area contributed by atoms with Crippen LogP contribution in [0, 0.1) is 18.6 Å². The van der Waals surface area contributed by atoms with E-state index < -0.39 is 5.97 Å². The number of aromatic nitrogens is 1. The molecule has 128 valence electrons. The molecule has 0 N–H and O–H groups in total. The highest BCUT2D eigenvalue weighted by Gasteiger charge is 2.13. The van der Waals surface area contributed by atoms with Crippen molar-refractivity contribution in [2.75, 3.05) is 13.2 Å². The molecule has 3 aromatic rings. The van der Waals surface area contributed by atoms with Crippen LogP contribution in [0.25, 0.3) is 10.9 Å². The summed E-state index contributed by atoms with van der Waals surface area (Å²) in [6.45, 7) is 1.84. The number of pyridine rings is 1. The number of nitrogens with zero attached hydrogens (tertiary/aromatic N) is 1. The summed E-state index contributed by atoms with van der Waals surface area (Å²) >= 11 is 0. The number of rotatable bonds is 5. The number of hydrogen-bond acceptors (Lipinski definition) is 4. The average Bonchev–Trinajstić information content (AvgIpc) is 2.59. The van der Waals surface area contributed by atoms with E-state index in [4.69, 9.17) is 9.47 Å². The lowest BCUT2D eigenvalue weighted by atomic mass is 10.1. The smallest absolute Gasteiger partial charge is 0.340 e. The SMILES string of the molecule is Cc1nc2cc(F)ccc2cc1C(=O)OCCOc1ccc(F)cc1. The summed E-state index contributed by atoms with van der Waals surface area (Å²) in [5, 5.41) is 0.654. The van der Waals surface area contributed by atoms with Gasteiger partial charge in [-0.3, -0.25) is 4.98 Å².